The standard InChI is InChI=1S/C21H22ClNO4/c1-14(21(25)23-12-17-5-2-3-8-19(17)22)27-20(24)13-26-18-10-9-15-6-4-7-16(15)11-18/h2-3,5,8-11,14H,4,6-7,12-13H2,1H3,(H,23,25)/t14-/m0/s1. The molecule has 0 heterocycles. The van der Waals surface area contributed by atoms with Crippen LogP contribution in [0.3, 0.4) is 0 Å². The summed E-state index contributed by atoms with van der Waals surface area (Å²) in [5.74, 6) is -0.333. The van der Waals surface area contributed by atoms with Gasteiger partial charge in [0.2, 0.25) is 0 Å². The zero-order valence-electron chi connectivity index (χ0n) is 15.2. The smallest absolute Gasteiger partial charge is 0.344 e. The maximum atomic E-state index is 12.1. The second-order valence-corrected chi connectivity index (χ2v) is 6.92. The van der Waals surface area contributed by atoms with Gasteiger partial charge < -0.3 is 14.8 Å². The average molecular weight is 388 g/mol. The summed E-state index contributed by atoms with van der Waals surface area (Å²) in [6, 6.07) is 13.1. The number of carbonyl (C=O) groups excluding carboxylic acids is 2. The van der Waals surface area contributed by atoms with Crippen LogP contribution in [0.25, 0.3) is 0 Å². The van der Waals surface area contributed by atoms with E-state index in [1.165, 1.54) is 18.1 Å². The van der Waals surface area contributed by atoms with Crippen LogP contribution in [0.15, 0.2) is 42.5 Å². The molecule has 0 aromatic heterocycles. The molecule has 27 heavy (non-hydrogen) atoms. The van der Waals surface area contributed by atoms with E-state index in [-0.39, 0.29) is 19.1 Å². The number of benzene rings is 2. The minimum Gasteiger partial charge on any atom is -0.482 e. The monoisotopic (exact) mass is 387 g/mol. The van der Waals surface area contributed by atoms with Crippen molar-refractivity contribution in [3.8, 4) is 5.75 Å². The van der Waals surface area contributed by atoms with Crippen LogP contribution in [-0.4, -0.2) is 24.6 Å². The van der Waals surface area contributed by atoms with Crippen molar-refractivity contribution in [1.29, 1.82) is 0 Å². The Morgan fingerprint density at radius 3 is 2.74 bits per heavy atom. The van der Waals surface area contributed by atoms with Crippen LogP contribution in [0, 0.1) is 0 Å². The lowest BCUT2D eigenvalue weighted by atomic mass is 10.1. The molecule has 2 aromatic carbocycles. The number of esters is 1. The Bertz CT molecular complexity index is 837. The summed E-state index contributed by atoms with van der Waals surface area (Å²) in [7, 11) is 0. The van der Waals surface area contributed by atoms with E-state index >= 15 is 0 Å². The molecule has 1 atom stereocenters. The number of rotatable bonds is 7. The van der Waals surface area contributed by atoms with Crippen LogP contribution in [0.4, 0.5) is 0 Å². The summed E-state index contributed by atoms with van der Waals surface area (Å²) in [5, 5.41) is 3.28. The number of aryl methyl sites for hydroxylation is 2. The molecule has 0 aliphatic heterocycles. The summed E-state index contributed by atoms with van der Waals surface area (Å²) >= 11 is 6.05. The predicted octanol–water partition coefficient (Wildman–Crippen LogP) is 3.46. The van der Waals surface area contributed by atoms with E-state index < -0.39 is 12.1 Å². The summed E-state index contributed by atoms with van der Waals surface area (Å²) < 4.78 is 10.6. The lowest BCUT2D eigenvalue weighted by Gasteiger charge is -2.14. The molecule has 1 aliphatic rings. The van der Waals surface area contributed by atoms with Crippen molar-refractivity contribution in [2.24, 2.45) is 0 Å². The molecule has 1 amide bonds. The van der Waals surface area contributed by atoms with Crippen molar-refractivity contribution in [2.45, 2.75) is 38.8 Å². The molecule has 0 fully saturated rings. The van der Waals surface area contributed by atoms with E-state index in [2.05, 4.69) is 5.32 Å². The Balaban J connectivity index is 1.43. The third-order valence-corrected chi connectivity index (χ3v) is 4.88. The van der Waals surface area contributed by atoms with Gasteiger partial charge in [0, 0.05) is 11.6 Å². The Morgan fingerprint density at radius 2 is 1.93 bits per heavy atom. The number of nitrogens with one attached hydrogen (secondary N) is 1. The highest BCUT2D eigenvalue weighted by atomic mass is 35.5. The molecule has 142 valence electrons. The van der Waals surface area contributed by atoms with Gasteiger partial charge in [-0.25, -0.2) is 4.79 Å². The van der Waals surface area contributed by atoms with Crippen LogP contribution < -0.4 is 10.1 Å². The van der Waals surface area contributed by atoms with Gasteiger partial charge in [-0.05, 0) is 61.1 Å². The number of hydrogen-bond acceptors (Lipinski definition) is 4. The van der Waals surface area contributed by atoms with Crippen LogP contribution in [0.1, 0.15) is 30.0 Å². The Hall–Kier alpha value is -2.53. The number of ether oxygens (including phenoxy) is 2. The fourth-order valence-corrected chi connectivity index (χ4v) is 3.24. The first-order valence-corrected chi connectivity index (χ1v) is 9.36. The minimum atomic E-state index is -0.913. The molecular weight excluding hydrogens is 366 g/mol. The first kappa shape index (κ1) is 19.2. The summed E-state index contributed by atoms with van der Waals surface area (Å²) in [6.07, 6.45) is 2.38. The normalized spacial score (nSPS) is 13.6. The third-order valence-electron chi connectivity index (χ3n) is 4.52. The van der Waals surface area contributed by atoms with Gasteiger partial charge in [-0.3, -0.25) is 4.79 Å². The lowest BCUT2D eigenvalue weighted by Crippen LogP contribution is -2.36. The molecule has 0 spiro atoms. The molecule has 0 radical (unpaired) electrons. The topological polar surface area (TPSA) is 64.6 Å². The number of amides is 1. The Morgan fingerprint density at radius 1 is 1.15 bits per heavy atom. The van der Waals surface area contributed by atoms with E-state index in [0.717, 1.165) is 24.8 Å². The highest BCUT2D eigenvalue weighted by molar-refractivity contribution is 6.31. The lowest BCUT2D eigenvalue weighted by molar-refractivity contribution is -0.156. The highest BCUT2D eigenvalue weighted by Gasteiger charge is 2.18. The van der Waals surface area contributed by atoms with Crippen molar-refractivity contribution in [1.82, 2.24) is 5.32 Å². The SMILES string of the molecule is C[C@H](OC(=O)COc1ccc2c(c1)CCC2)C(=O)NCc1ccccc1Cl. The molecule has 6 heteroatoms. The van der Waals surface area contributed by atoms with Crippen LogP contribution in [0.2, 0.25) is 5.02 Å². The second-order valence-electron chi connectivity index (χ2n) is 6.51. The molecule has 1 aliphatic carbocycles. The second kappa shape index (κ2) is 8.91. The highest BCUT2D eigenvalue weighted by Crippen LogP contribution is 2.26. The zero-order chi connectivity index (χ0) is 19.2. The van der Waals surface area contributed by atoms with Crippen LogP contribution in [-0.2, 0) is 33.7 Å². The van der Waals surface area contributed by atoms with Crippen molar-refractivity contribution < 1.29 is 19.1 Å². The summed E-state index contributed by atoms with van der Waals surface area (Å²) in [4.78, 5) is 24.0. The van der Waals surface area contributed by atoms with Gasteiger partial charge in [0.05, 0.1) is 0 Å². The molecule has 1 N–H and O–H groups in total. The van der Waals surface area contributed by atoms with E-state index in [9.17, 15) is 9.59 Å². The van der Waals surface area contributed by atoms with Gasteiger partial charge in [0.1, 0.15) is 5.75 Å². The largest absolute Gasteiger partial charge is 0.482 e. The van der Waals surface area contributed by atoms with Crippen molar-refractivity contribution in [3.05, 3.63) is 64.2 Å². The minimum absolute atomic E-state index is 0.235. The molecule has 5 nitrogen and oxygen atoms in total. The van der Waals surface area contributed by atoms with Gasteiger partial charge in [0.15, 0.2) is 12.7 Å². The molecule has 0 bridgehead atoms. The summed E-state index contributed by atoms with van der Waals surface area (Å²) in [6.45, 7) is 1.56. The fourth-order valence-electron chi connectivity index (χ4n) is 3.03. The summed E-state index contributed by atoms with van der Waals surface area (Å²) in [5.41, 5.74) is 3.41. The number of halogens is 1. The molecular formula is C21H22ClNO4. The third kappa shape index (κ3) is 5.23. The Kier molecular flexibility index (Phi) is 6.35. The number of hydrogen-bond donors (Lipinski definition) is 1. The van der Waals surface area contributed by atoms with Gasteiger partial charge in [-0.1, -0.05) is 35.9 Å². The number of carbonyl (C=O) groups is 2. The van der Waals surface area contributed by atoms with E-state index in [1.54, 1.807) is 6.07 Å². The van der Waals surface area contributed by atoms with Gasteiger partial charge in [-0.2, -0.15) is 0 Å². The van der Waals surface area contributed by atoms with Gasteiger partial charge >= 0.3 is 5.97 Å². The van der Waals surface area contributed by atoms with Gasteiger partial charge in [0.25, 0.3) is 5.91 Å². The van der Waals surface area contributed by atoms with Gasteiger partial charge in [-0.15, -0.1) is 0 Å². The van der Waals surface area contributed by atoms with Crippen LogP contribution in [0.5, 0.6) is 5.75 Å². The van der Waals surface area contributed by atoms with E-state index in [1.807, 2.05) is 36.4 Å². The zero-order valence-corrected chi connectivity index (χ0v) is 15.9. The first-order valence-electron chi connectivity index (χ1n) is 8.98. The quantitative estimate of drug-likeness (QED) is 0.739. The first-order chi connectivity index (χ1) is 13.0. The maximum absolute atomic E-state index is 12.1. The molecule has 0 saturated heterocycles. The molecule has 0 unspecified atom stereocenters. The molecule has 0 saturated carbocycles. The predicted molar refractivity (Wildman–Crippen MR) is 103 cm³/mol. The maximum Gasteiger partial charge on any atom is 0.344 e. The average Bonchev–Trinajstić information content (AvgIpc) is 3.13. The van der Waals surface area contributed by atoms with E-state index in [4.69, 9.17) is 21.1 Å². The van der Waals surface area contributed by atoms with Crippen LogP contribution >= 0.6 is 11.6 Å². The van der Waals surface area contributed by atoms with E-state index in [0.29, 0.717) is 10.8 Å². The number of fused-ring (bicyclic) bond motifs is 1. The van der Waals surface area contributed by atoms with Crippen molar-refractivity contribution >= 4 is 23.5 Å². The van der Waals surface area contributed by atoms with Crippen molar-refractivity contribution in [2.75, 3.05) is 6.61 Å². The molecule has 3 rings (SSSR count). The molecule has 2 aromatic rings. The Labute approximate surface area is 163 Å². The van der Waals surface area contributed by atoms with Crippen molar-refractivity contribution in [3.63, 3.8) is 0 Å². The fraction of sp³-hybridized carbons (Fsp3) is 0.333.